The Balaban J connectivity index is 4.41. The number of rotatable bonds is 45. The lowest BCUT2D eigenvalue weighted by Crippen LogP contribution is -2.47. The van der Waals surface area contributed by atoms with Crippen LogP contribution in [0.2, 0.25) is 6.04 Å². The van der Waals surface area contributed by atoms with Gasteiger partial charge in [-0.3, -0.25) is 0 Å². The van der Waals surface area contributed by atoms with Crippen molar-refractivity contribution < 1.29 is 13.3 Å². The van der Waals surface area contributed by atoms with Crippen molar-refractivity contribution >= 4 is 8.80 Å². The van der Waals surface area contributed by atoms with Crippen LogP contribution in [0.1, 0.15) is 258 Å². The van der Waals surface area contributed by atoms with E-state index in [1.807, 2.05) is 0 Å². The van der Waals surface area contributed by atoms with Crippen LogP contribution < -0.4 is 5.73 Å². The van der Waals surface area contributed by atoms with Gasteiger partial charge in [0.2, 0.25) is 0 Å². The van der Waals surface area contributed by atoms with E-state index >= 15 is 0 Å². The second kappa shape index (κ2) is 43.5. The van der Waals surface area contributed by atoms with Crippen LogP contribution in [0.25, 0.3) is 0 Å². The second-order valence-corrected chi connectivity index (χ2v) is 18.5. The third-order valence-corrected chi connectivity index (χ3v) is 13.5. The van der Waals surface area contributed by atoms with Crippen molar-refractivity contribution in [3.63, 3.8) is 0 Å². The van der Waals surface area contributed by atoms with E-state index in [4.69, 9.17) is 19.0 Å². The van der Waals surface area contributed by atoms with Crippen molar-refractivity contribution in [2.75, 3.05) is 26.4 Å². The van der Waals surface area contributed by atoms with E-state index < -0.39 is 8.80 Å². The largest absolute Gasteiger partial charge is 0.501 e. The average molecular weight is 726 g/mol. The molecule has 0 aromatic heterocycles. The maximum absolute atomic E-state index is 6.68. The molecule has 0 amide bonds. The van der Waals surface area contributed by atoms with Crippen LogP contribution in [0.5, 0.6) is 0 Å². The van der Waals surface area contributed by atoms with Crippen molar-refractivity contribution in [2.24, 2.45) is 5.73 Å². The van der Waals surface area contributed by atoms with Gasteiger partial charge in [0.05, 0.1) is 0 Å². The van der Waals surface area contributed by atoms with Gasteiger partial charge in [-0.1, -0.05) is 233 Å². The molecule has 0 fully saturated rings. The van der Waals surface area contributed by atoms with Crippen LogP contribution in [0.3, 0.4) is 0 Å². The standard InChI is InChI=1S/C45H95NO3Si/c1-4-7-10-13-16-19-22-24-25-27-30-33-36-39-44-49-50(45-40-41-46,47-42-37-34-31-28-21-18-15-12-9-6-3)48-43-38-35-32-29-26-23-20-17-14-11-8-5-2/h4-46H2,1-3H3. The summed E-state index contributed by atoms with van der Waals surface area (Å²) in [6.07, 6.45) is 50.1. The van der Waals surface area contributed by atoms with Crippen LogP contribution in [0.4, 0.5) is 0 Å². The summed E-state index contributed by atoms with van der Waals surface area (Å²) in [4.78, 5) is 0. The number of hydrogen-bond donors (Lipinski definition) is 1. The van der Waals surface area contributed by atoms with Crippen molar-refractivity contribution in [1.82, 2.24) is 0 Å². The highest BCUT2D eigenvalue weighted by molar-refractivity contribution is 6.60. The van der Waals surface area contributed by atoms with E-state index in [1.54, 1.807) is 0 Å². The minimum Gasteiger partial charge on any atom is -0.373 e. The maximum atomic E-state index is 6.68. The molecule has 0 aliphatic carbocycles. The molecule has 0 aliphatic rings. The quantitative estimate of drug-likeness (QED) is 0.0502. The topological polar surface area (TPSA) is 53.7 Å². The second-order valence-electron chi connectivity index (χ2n) is 15.8. The summed E-state index contributed by atoms with van der Waals surface area (Å²) in [5.41, 5.74) is 6.01. The first kappa shape index (κ1) is 50.1. The molecule has 5 heteroatoms. The Labute approximate surface area is 317 Å². The lowest BCUT2D eigenvalue weighted by Gasteiger charge is -2.30. The highest BCUT2D eigenvalue weighted by Gasteiger charge is 2.40. The molecule has 0 spiro atoms. The molecule has 2 N–H and O–H groups in total. The third-order valence-electron chi connectivity index (χ3n) is 10.6. The minimum absolute atomic E-state index is 0.681. The molecule has 50 heavy (non-hydrogen) atoms. The SMILES string of the molecule is CCCCCCCCCCCCCCCCO[Si](CCCN)(OCCCCCCCCCCCC)OCCCCCCCCCCCCCC. The van der Waals surface area contributed by atoms with Crippen molar-refractivity contribution in [3.8, 4) is 0 Å². The zero-order chi connectivity index (χ0) is 36.3. The normalized spacial score (nSPS) is 13.0. The van der Waals surface area contributed by atoms with Gasteiger partial charge in [0, 0.05) is 25.9 Å². The lowest BCUT2D eigenvalue weighted by molar-refractivity contribution is 0.0549. The lowest BCUT2D eigenvalue weighted by atomic mass is 10.0. The summed E-state index contributed by atoms with van der Waals surface area (Å²) in [5.74, 6) is 0. The van der Waals surface area contributed by atoms with Gasteiger partial charge < -0.3 is 19.0 Å². The molecule has 0 aromatic carbocycles. The number of unbranched alkanes of at least 4 members (excludes halogenated alkanes) is 33. The first-order chi connectivity index (χ1) is 24.7. The van der Waals surface area contributed by atoms with Crippen molar-refractivity contribution in [1.29, 1.82) is 0 Å². The molecule has 1 atom stereocenters. The highest BCUT2D eigenvalue weighted by atomic mass is 28.4. The van der Waals surface area contributed by atoms with E-state index in [-0.39, 0.29) is 0 Å². The Hall–Kier alpha value is 0.0569. The highest BCUT2D eigenvalue weighted by Crippen LogP contribution is 2.22. The van der Waals surface area contributed by atoms with Gasteiger partial charge in [-0.2, -0.15) is 0 Å². The van der Waals surface area contributed by atoms with Gasteiger partial charge in [0.15, 0.2) is 0 Å². The average Bonchev–Trinajstić information content (AvgIpc) is 3.13. The number of hydrogen-bond acceptors (Lipinski definition) is 4. The van der Waals surface area contributed by atoms with Gasteiger partial charge in [-0.25, -0.2) is 0 Å². The van der Waals surface area contributed by atoms with Gasteiger partial charge in [0.25, 0.3) is 0 Å². The molecule has 0 aromatic rings. The molecule has 0 bridgehead atoms. The molecule has 0 aliphatic heterocycles. The Bertz CT molecular complexity index is 609. The first-order valence-electron chi connectivity index (χ1n) is 23.4. The zero-order valence-corrected chi connectivity index (χ0v) is 36.0. The van der Waals surface area contributed by atoms with Gasteiger partial charge in [-0.05, 0) is 32.2 Å². The molecule has 302 valence electrons. The van der Waals surface area contributed by atoms with Crippen LogP contribution in [-0.2, 0) is 13.3 Å². The monoisotopic (exact) mass is 726 g/mol. The van der Waals surface area contributed by atoms with Crippen LogP contribution in [0.15, 0.2) is 0 Å². The molecule has 0 heterocycles. The fourth-order valence-corrected chi connectivity index (χ4v) is 9.86. The fourth-order valence-electron chi connectivity index (χ4n) is 7.17. The smallest absolute Gasteiger partial charge is 0.373 e. The van der Waals surface area contributed by atoms with Crippen molar-refractivity contribution in [3.05, 3.63) is 0 Å². The predicted octanol–water partition coefficient (Wildman–Crippen LogP) is 15.4. The summed E-state index contributed by atoms with van der Waals surface area (Å²) < 4.78 is 20.0. The van der Waals surface area contributed by atoms with E-state index in [2.05, 4.69) is 20.8 Å². The van der Waals surface area contributed by atoms with Crippen LogP contribution in [0, 0.1) is 0 Å². The van der Waals surface area contributed by atoms with Crippen LogP contribution >= 0.6 is 0 Å². The number of nitrogens with two attached hydrogens (primary N) is 1. The summed E-state index contributed by atoms with van der Waals surface area (Å²) in [5, 5.41) is 0. The van der Waals surface area contributed by atoms with Gasteiger partial charge in [0.1, 0.15) is 0 Å². The van der Waals surface area contributed by atoms with E-state index in [1.165, 1.54) is 212 Å². The van der Waals surface area contributed by atoms with Gasteiger partial charge in [-0.15, -0.1) is 0 Å². The summed E-state index contributed by atoms with van der Waals surface area (Å²) in [6, 6.07) is 0.873. The van der Waals surface area contributed by atoms with Crippen LogP contribution in [-0.4, -0.2) is 35.2 Å². The maximum Gasteiger partial charge on any atom is 0.501 e. The summed E-state index contributed by atoms with van der Waals surface area (Å²) in [7, 11) is -2.70. The Morgan fingerprint density at radius 3 is 0.680 bits per heavy atom. The summed E-state index contributed by atoms with van der Waals surface area (Å²) >= 11 is 0. The summed E-state index contributed by atoms with van der Waals surface area (Å²) in [6.45, 7) is 9.93. The third kappa shape index (κ3) is 37.8. The first-order valence-corrected chi connectivity index (χ1v) is 25.3. The molecule has 0 saturated carbocycles. The molecule has 4 nitrogen and oxygen atoms in total. The minimum atomic E-state index is -2.70. The van der Waals surface area contributed by atoms with E-state index in [9.17, 15) is 0 Å². The molecule has 0 radical (unpaired) electrons. The Morgan fingerprint density at radius 2 is 0.480 bits per heavy atom. The van der Waals surface area contributed by atoms with Gasteiger partial charge >= 0.3 is 8.80 Å². The molecular formula is C45H95NO3Si. The van der Waals surface area contributed by atoms with Crippen molar-refractivity contribution in [2.45, 2.75) is 264 Å². The van der Waals surface area contributed by atoms with E-state index in [0.29, 0.717) is 6.54 Å². The predicted molar refractivity (Wildman–Crippen MR) is 225 cm³/mol. The Kier molecular flexibility index (Phi) is 43.5. The van der Waals surface area contributed by atoms with E-state index in [0.717, 1.165) is 51.5 Å². The molecule has 1 unspecified atom stereocenters. The Morgan fingerprint density at radius 1 is 0.280 bits per heavy atom. The molecule has 0 saturated heterocycles. The fraction of sp³-hybridized carbons (Fsp3) is 1.00. The zero-order valence-electron chi connectivity index (χ0n) is 35.0. The molecule has 0 rings (SSSR count). The molecular weight excluding hydrogens is 631 g/mol.